The van der Waals surface area contributed by atoms with Gasteiger partial charge in [0.15, 0.2) is 6.10 Å². The predicted molar refractivity (Wildman–Crippen MR) is 204 cm³/mol. The van der Waals surface area contributed by atoms with Crippen LogP contribution in [0.15, 0.2) is 24.3 Å². The molecule has 0 aromatic rings. The van der Waals surface area contributed by atoms with Gasteiger partial charge in [-0.2, -0.15) is 0 Å². The predicted octanol–water partition coefficient (Wildman–Crippen LogP) is 9.19. The highest BCUT2D eigenvalue weighted by atomic mass is 16.6. The first-order valence-corrected chi connectivity index (χ1v) is 20.4. The molecule has 2 unspecified atom stereocenters. The Kier molecular flexibility index (Phi) is 32.4. The maximum atomic E-state index is 12.6. The zero-order chi connectivity index (χ0) is 37.1. The third kappa shape index (κ3) is 31.8. The van der Waals surface area contributed by atoms with Crippen molar-refractivity contribution in [3.05, 3.63) is 24.3 Å². The van der Waals surface area contributed by atoms with Gasteiger partial charge in [-0.05, 0) is 38.5 Å². The zero-order valence-corrected chi connectivity index (χ0v) is 33.1. The average Bonchev–Trinajstić information content (AvgIpc) is 3.06. The molecular weight excluding hydrogens is 630 g/mol. The highest BCUT2D eigenvalue weighted by Crippen LogP contribution is 2.13. The van der Waals surface area contributed by atoms with Crippen LogP contribution >= 0.6 is 0 Å². The first-order valence-electron chi connectivity index (χ1n) is 20.4. The Balaban J connectivity index is 4.43. The van der Waals surface area contributed by atoms with Gasteiger partial charge in [-0.3, -0.25) is 9.59 Å². The molecule has 0 rings (SSSR count). The van der Waals surface area contributed by atoms with Gasteiger partial charge in [-0.15, -0.1) is 0 Å². The Morgan fingerprint density at radius 1 is 0.600 bits per heavy atom. The number of esters is 2. The molecule has 0 aliphatic carbocycles. The molecule has 0 heterocycles. The van der Waals surface area contributed by atoms with Crippen LogP contribution in [0.4, 0.5) is 0 Å². The number of rotatable bonds is 36. The maximum Gasteiger partial charge on any atom is 0.306 e. The Morgan fingerprint density at radius 2 is 1.04 bits per heavy atom. The summed E-state index contributed by atoms with van der Waals surface area (Å²) >= 11 is 0. The Bertz CT molecular complexity index is 880. The van der Waals surface area contributed by atoms with E-state index in [1.165, 1.54) is 89.9 Å². The first-order chi connectivity index (χ1) is 24.1. The van der Waals surface area contributed by atoms with E-state index in [4.69, 9.17) is 14.2 Å². The van der Waals surface area contributed by atoms with Gasteiger partial charge in [-0.25, -0.2) is 0 Å². The second kappa shape index (κ2) is 33.9. The number of carboxylic acids is 1. The fourth-order valence-electron chi connectivity index (χ4n) is 5.88. The van der Waals surface area contributed by atoms with E-state index in [1.807, 2.05) is 0 Å². The summed E-state index contributed by atoms with van der Waals surface area (Å²) in [5.41, 5.74) is 0. The summed E-state index contributed by atoms with van der Waals surface area (Å²) in [7, 11) is 5.39. The van der Waals surface area contributed by atoms with Gasteiger partial charge < -0.3 is 28.6 Å². The van der Waals surface area contributed by atoms with Crippen molar-refractivity contribution in [1.82, 2.24) is 0 Å². The van der Waals surface area contributed by atoms with Crippen molar-refractivity contribution >= 4 is 17.9 Å². The van der Waals surface area contributed by atoms with Gasteiger partial charge in [0.2, 0.25) is 0 Å². The number of unbranched alkanes of at least 4 members (excludes halogenated alkanes) is 19. The molecule has 292 valence electrons. The molecule has 0 amide bonds. The summed E-state index contributed by atoms with van der Waals surface area (Å²) < 4.78 is 17.1. The van der Waals surface area contributed by atoms with E-state index < -0.39 is 18.1 Å². The Hall–Kier alpha value is -2.19. The molecule has 50 heavy (non-hydrogen) atoms. The molecule has 0 aromatic heterocycles. The van der Waals surface area contributed by atoms with Crippen LogP contribution in [0, 0.1) is 0 Å². The van der Waals surface area contributed by atoms with Crippen molar-refractivity contribution in [1.29, 1.82) is 0 Å². The zero-order valence-electron chi connectivity index (χ0n) is 33.1. The van der Waals surface area contributed by atoms with Crippen LogP contribution in [0.2, 0.25) is 0 Å². The molecule has 0 N–H and O–H groups in total. The minimum Gasteiger partial charge on any atom is -0.544 e. The molecule has 0 spiro atoms. The summed E-state index contributed by atoms with van der Waals surface area (Å²) in [4.78, 5) is 36.7. The van der Waals surface area contributed by atoms with E-state index in [1.54, 1.807) is 21.1 Å². The van der Waals surface area contributed by atoms with E-state index in [0.717, 1.165) is 51.4 Å². The normalized spacial score (nSPS) is 13.2. The number of likely N-dealkylation sites (N-methyl/N-ethyl adjacent to an activating group) is 1. The van der Waals surface area contributed by atoms with E-state index in [-0.39, 0.29) is 42.7 Å². The van der Waals surface area contributed by atoms with Crippen LogP contribution in [0.5, 0.6) is 0 Å². The fraction of sp³-hybridized carbons (Fsp3) is 0.833. The van der Waals surface area contributed by atoms with Gasteiger partial charge >= 0.3 is 11.9 Å². The lowest BCUT2D eigenvalue weighted by Gasteiger charge is -2.34. The van der Waals surface area contributed by atoms with E-state index in [0.29, 0.717) is 12.8 Å². The molecule has 0 bridgehead atoms. The number of ether oxygens (including phenoxy) is 3. The van der Waals surface area contributed by atoms with Crippen LogP contribution in [-0.4, -0.2) is 75.5 Å². The third-order valence-corrected chi connectivity index (χ3v) is 9.12. The fourth-order valence-corrected chi connectivity index (χ4v) is 5.88. The number of hydrogen-bond donors (Lipinski definition) is 0. The minimum absolute atomic E-state index is 0.0332. The summed E-state index contributed by atoms with van der Waals surface area (Å²) in [5.74, 6) is -1.77. The minimum atomic E-state index is -1.13. The lowest BCUT2D eigenvalue weighted by atomic mass is 10.1. The van der Waals surface area contributed by atoms with E-state index in [9.17, 15) is 19.5 Å². The number of quaternary nitrogens is 1. The van der Waals surface area contributed by atoms with Gasteiger partial charge in [0.1, 0.15) is 12.6 Å². The van der Waals surface area contributed by atoms with E-state index in [2.05, 4.69) is 38.2 Å². The number of allylic oxidation sites excluding steroid dienone is 4. The van der Waals surface area contributed by atoms with Crippen LogP contribution in [0.1, 0.15) is 174 Å². The molecule has 0 aliphatic rings. The number of aliphatic carboxylic acids is 1. The van der Waals surface area contributed by atoms with Crippen molar-refractivity contribution in [2.75, 3.05) is 41.0 Å². The highest BCUT2D eigenvalue weighted by molar-refractivity contribution is 5.70. The number of carbonyl (C=O) groups excluding carboxylic acids is 3. The molecule has 0 saturated heterocycles. The molecule has 0 radical (unpaired) electrons. The Morgan fingerprint density at radius 3 is 1.52 bits per heavy atom. The molecule has 0 aromatic carbocycles. The molecule has 2 atom stereocenters. The van der Waals surface area contributed by atoms with Gasteiger partial charge in [0.05, 0.1) is 40.3 Å². The summed E-state index contributed by atoms with van der Waals surface area (Å²) in [6.45, 7) is 4.61. The summed E-state index contributed by atoms with van der Waals surface area (Å²) in [5, 5.41) is 11.6. The average molecular weight is 708 g/mol. The highest BCUT2D eigenvalue weighted by Gasteiger charge is 2.25. The lowest BCUT2D eigenvalue weighted by molar-refractivity contribution is -0.889. The van der Waals surface area contributed by atoms with Crippen molar-refractivity contribution < 1.29 is 38.2 Å². The smallest absolute Gasteiger partial charge is 0.306 e. The first kappa shape index (κ1) is 47.8. The van der Waals surface area contributed by atoms with Gasteiger partial charge in [0.25, 0.3) is 0 Å². The largest absolute Gasteiger partial charge is 0.544 e. The second-order valence-corrected chi connectivity index (χ2v) is 14.9. The van der Waals surface area contributed by atoms with Crippen LogP contribution in [0.3, 0.4) is 0 Å². The second-order valence-electron chi connectivity index (χ2n) is 14.9. The quantitative estimate of drug-likeness (QED) is 0.0277. The van der Waals surface area contributed by atoms with E-state index >= 15 is 0 Å². The Labute approximate surface area is 307 Å². The molecular formula is C42H77NO7. The number of carbonyl (C=O) groups is 3. The lowest BCUT2D eigenvalue weighted by Crippen LogP contribution is -2.55. The maximum absolute atomic E-state index is 12.6. The third-order valence-electron chi connectivity index (χ3n) is 9.12. The van der Waals surface area contributed by atoms with Gasteiger partial charge in [0, 0.05) is 19.3 Å². The van der Waals surface area contributed by atoms with Crippen molar-refractivity contribution in [3.8, 4) is 0 Å². The van der Waals surface area contributed by atoms with Gasteiger partial charge in [-0.1, -0.05) is 141 Å². The topological polar surface area (TPSA) is 102 Å². The van der Waals surface area contributed by atoms with Crippen molar-refractivity contribution in [2.45, 2.75) is 187 Å². The summed E-state index contributed by atoms with van der Waals surface area (Å²) in [6, 6.07) is -0.726. The van der Waals surface area contributed by atoms with Crippen LogP contribution < -0.4 is 5.11 Å². The summed E-state index contributed by atoms with van der Waals surface area (Å²) in [6.07, 6.45) is 34.9. The molecule has 0 aliphatic heterocycles. The van der Waals surface area contributed by atoms with Crippen LogP contribution in [-0.2, 0) is 28.6 Å². The monoisotopic (exact) mass is 708 g/mol. The van der Waals surface area contributed by atoms with Crippen molar-refractivity contribution in [2.24, 2.45) is 0 Å². The number of nitrogens with zero attached hydrogens (tertiary/aromatic N) is 1. The number of hydrogen-bond acceptors (Lipinski definition) is 7. The van der Waals surface area contributed by atoms with Crippen molar-refractivity contribution in [3.63, 3.8) is 0 Å². The van der Waals surface area contributed by atoms with Crippen LogP contribution in [0.25, 0.3) is 0 Å². The molecule has 0 fully saturated rings. The molecule has 0 saturated carbocycles. The SMILES string of the molecule is CCCCCCCCC/C=C/C=C/CCCCCC(=O)OC(COCCC(C(=O)[O-])[N+](C)(C)C)COC(=O)CCCCCCCCCCCC. The standard InChI is InChI=1S/C42H77NO7/c1-6-8-10-12-14-16-18-19-20-21-22-23-25-27-29-31-33-41(45)50-38(36-48-35-34-39(42(46)47)43(3,4)5)37-49-40(44)32-30-28-26-24-17-15-13-11-9-7-2/h20-23,38-39H,6-19,24-37H2,1-5H3/b21-20+,23-22+. The molecule has 8 nitrogen and oxygen atoms in total. The molecule has 8 heteroatoms. The number of carboxylic acid groups (broad SMARTS) is 1.